The number of phosphoric acid groups is 1. The van der Waals surface area contributed by atoms with E-state index in [0.29, 0.717) is 19.3 Å². The van der Waals surface area contributed by atoms with Crippen molar-refractivity contribution in [3.8, 4) is 0 Å². The van der Waals surface area contributed by atoms with E-state index in [-0.39, 0.29) is 32.6 Å². The Balaban J connectivity index is 4.40. The summed E-state index contributed by atoms with van der Waals surface area (Å²) in [7, 11) is -4.41. The molecule has 10 nitrogen and oxygen atoms in total. The molecule has 0 saturated carbocycles. The van der Waals surface area contributed by atoms with Crippen LogP contribution in [0.5, 0.6) is 0 Å². The lowest BCUT2D eigenvalue weighted by atomic mass is 10.1. The molecule has 0 rings (SSSR count). The average Bonchev–Trinajstić information content (AvgIpc) is 3.15. The molecule has 308 valence electrons. The van der Waals surface area contributed by atoms with Crippen molar-refractivity contribution in [3.63, 3.8) is 0 Å². The van der Waals surface area contributed by atoms with Gasteiger partial charge < -0.3 is 25.2 Å². The van der Waals surface area contributed by atoms with Gasteiger partial charge in [0.15, 0.2) is 6.10 Å². The molecule has 0 aliphatic rings. The SMILES string of the molecule is CC/C=C\CC(O)/C=C/C=C/C/C=C\C/C=C\C/C=C\CCC(=O)O[C@H](COC(=O)CCCCCCC/C=C\CCCCCC)COP(=O)(O)OCCN. The fraction of sp³-hybridized carbons (Fsp3) is 0.628. The van der Waals surface area contributed by atoms with Crippen molar-refractivity contribution in [3.05, 3.63) is 85.1 Å². The van der Waals surface area contributed by atoms with Gasteiger partial charge >= 0.3 is 19.8 Å². The molecule has 0 aromatic rings. The van der Waals surface area contributed by atoms with Gasteiger partial charge in [-0.05, 0) is 70.6 Å². The molecule has 2 unspecified atom stereocenters. The minimum absolute atomic E-state index is 0.0299. The molecule has 54 heavy (non-hydrogen) atoms. The second-order valence-electron chi connectivity index (χ2n) is 13.0. The number of esters is 2. The zero-order valence-corrected chi connectivity index (χ0v) is 34.2. The summed E-state index contributed by atoms with van der Waals surface area (Å²) in [6, 6.07) is 0. The highest BCUT2D eigenvalue weighted by atomic mass is 31.2. The maximum absolute atomic E-state index is 12.5. The van der Waals surface area contributed by atoms with E-state index in [2.05, 4.69) is 44.2 Å². The van der Waals surface area contributed by atoms with E-state index in [1.165, 1.54) is 25.7 Å². The number of aliphatic hydroxyl groups is 1. The third-order valence-corrected chi connectivity index (χ3v) is 8.84. The summed E-state index contributed by atoms with van der Waals surface area (Å²) in [5.41, 5.74) is 5.33. The molecule has 0 spiro atoms. The predicted molar refractivity (Wildman–Crippen MR) is 221 cm³/mol. The van der Waals surface area contributed by atoms with E-state index < -0.39 is 38.6 Å². The largest absolute Gasteiger partial charge is 0.472 e. The number of carbonyl (C=O) groups is 2. The topological polar surface area (TPSA) is 155 Å². The van der Waals surface area contributed by atoms with E-state index >= 15 is 0 Å². The predicted octanol–water partition coefficient (Wildman–Crippen LogP) is 10.2. The summed E-state index contributed by atoms with van der Waals surface area (Å²) >= 11 is 0. The van der Waals surface area contributed by atoms with Crippen LogP contribution in [0.4, 0.5) is 0 Å². The molecule has 0 aliphatic carbocycles. The first-order chi connectivity index (χ1) is 26.2. The highest BCUT2D eigenvalue weighted by Crippen LogP contribution is 2.43. The molecule has 0 bridgehead atoms. The highest BCUT2D eigenvalue weighted by Gasteiger charge is 2.25. The summed E-state index contributed by atoms with van der Waals surface area (Å²) < 4.78 is 32.6. The Hall–Kier alpha value is -2.85. The van der Waals surface area contributed by atoms with E-state index in [1.807, 2.05) is 48.6 Å². The molecule has 11 heteroatoms. The van der Waals surface area contributed by atoms with Crippen LogP contribution in [0.3, 0.4) is 0 Å². The van der Waals surface area contributed by atoms with Gasteiger partial charge in [-0.2, -0.15) is 0 Å². The van der Waals surface area contributed by atoms with Crippen molar-refractivity contribution in [2.45, 2.75) is 148 Å². The van der Waals surface area contributed by atoms with Crippen LogP contribution < -0.4 is 5.73 Å². The number of carbonyl (C=O) groups excluding carboxylic acids is 2. The molecule has 0 heterocycles. The lowest BCUT2D eigenvalue weighted by molar-refractivity contribution is -0.161. The number of rotatable bonds is 36. The van der Waals surface area contributed by atoms with Gasteiger partial charge in [0.1, 0.15) is 6.61 Å². The maximum Gasteiger partial charge on any atom is 0.472 e. The van der Waals surface area contributed by atoms with Crippen LogP contribution in [0.1, 0.15) is 136 Å². The van der Waals surface area contributed by atoms with Crippen molar-refractivity contribution in [2.24, 2.45) is 5.73 Å². The number of phosphoric ester groups is 1. The Labute approximate surface area is 326 Å². The number of ether oxygens (including phenoxy) is 2. The Morgan fingerprint density at radius 1 is 0.667 bits per heavy atom. The Morgan fingerprint density at radius 2 is 1.28 bits per heavy atom. The van der Waals surface area contributed by atoms with E-state index in [9.17, 15) is 24.2 Å². The molecule has 0 saturated heterocycles. The monoisotopic (exact) mass is 777 g/mol. The first kappa shape index (κ1) is 51.1. The summed E-state index contributed by atoms with van der Waals surface area (Å²) in [5, 5.41) is 9.83. The molecule has 0 amide bonds. The normalized spacial score (nSPS) is 14.8. The van der Waals surface area contributed by atoms with Gasteiger partial charge in [-0.25, -0.2) is 4.57 Å². The quantitative estimate of drug-likeness (QED) is 0.0184. The van der Waals surface area contributed by atoms with Gasteiger partial charge in [0, 0.05) is 19.4 Å². The van der Waals surface area contributed by atoms with Crippen molar-refractivity contribution < 1.29 is 42.7 Å². The minimum Gasteiger partial charge on any atom is -0.462 e. The van der Waals surface area contributed by atoms with Crippen molar-refractivity contribution in [1.29, 1.82) is 0 Å². The van der Waals surface area contributed by atoms with Crippen LogP contribution in [-0.2, 0) is 32.7 Å². The average molecular weight is 778 g/mol. The zero-order chi connectivity index (χ0) is 39.8. The molecule has 0 radical (unpaired) electrons. The Bertz CT molecular complexity index is 1180. The van der Waals surface area contributed by atoms with Crippen LogP contribution in [0.15, 0.2) is 85.1 Å². The minimum atomic E-state index is -4.41. The first-order valence-corrected chi connectivity index (χ1v) is 21.7. The maximum atomic E-state index is 12.5. The molecule has 0 aromatic heterocycles. The van der Waals surface area contributed by atoms with Crippen LogP contribution in [-0.4, -0.2) is 60.5 Å². The number of nitrogens with two attached hydrogens (primary N) is 1. The second-order valence-corrected chi connectivity index (χ2v) is 14.4. The molecular formula is C43H72NO9P. The van der Waals surface area contributed by atoms with Gasteiger partial charge in [-0.1, -0.05) is 137 Å². The van der Waals surface area contributed by atoms with Crippen LogP contribution in [0, 0.1) is 0 Å². The molecule has 4 N–H and O–H groups in total. The Morgan fingerprint density at radius 3 is 1.94 bits per heavy atom. The highest BCUT2D eigenvalue weighted by molar-refractivity contribution is 7.47. The third kappa shape index (κ3) is 37.5. The Kier molecular flexibility index (Phi) is 36.4. The van der Waals surface area contributed by atoms with Gasteiger partial charge in [-0.15, -0.1) is 0 Å². The van der Waals surface area contributed by atoms with Crippen molar-refractivity contribution >= 4 is 19.8 Å². The molecule has 3 atom stereocenters. The molecular weight excluding hydrogens is 705 g/mol. The van der Waals surface area contributed by atoms with Gasteiger partial charge in [0.2, 0.25) is 0 Å². The second kappa shape index (κ2) is 38.4. The number of allylic oxidation sites excluding steroid dienone is 12. The number of hydrogen-bond donors (Lipinski definition) is 3. The molecule has 0 fully saturated rings. The van der Waals surface area contributed by atoms with Crippen LogP contribution in [0.25, 0.3) is 0 Å². The molecule has 0 aliphatic heterocycles. The number of hydrogen-bond acceptors (Lipinski definition) is 9. The van der Waals surface area contributed by atoms with Crippen LogP contribution in [0.2, 0.25) is 0 Å². The van der Waals surface area contributed by atoms with E-state index in [0.717, 1.165) is 64.2 Å². The van der Waals surface area contributed by atoms with Crippen molar-refractivity contribution in [1.82, 2.24) is 0 Å². The van der Waals surface area contributed by atoms with Crippen LogP contribution >= 0.6 is 7.82 Å². The fourth-order valence-corrected chi connectivity index (χ4v) is 5.62. The number of unbranched alkanes of at least 4 members (excludes halogenated alkanes) is 9. The first-order valence-electron chi connectivity index (χ1n) is 20.2. The summed E-state index contributed by atoms with van der Waals surface area (Å²) in [6.07, 6.45) is 43.9. The lowest BCUT2D eigenvalue weighted by Crippen LogP contribution is -2.29. The fourth-order valence-electron chi connectivity index (χ4n) is 4.85. The summed E-state index contributed by atoms with van der Waals surface area (Å²) in [4.78, 5) is 34.7. The van der Waals surface area contributed by atoms with E-state index in [4.69, 9.17) is 24.3 Å². The zero-order valence-electron chi connectivity index (χ0n) is 33.3. The van der Waals surface area contributed by atoms with Gasteiger partial charge in [0.25, 0.3) is 0 Å². The smallest absolute Gasteiger partial charge is 0.462 e. The van der Waals surface area contributed by atoms with E-state index in [1.54, 1.807) is 6.08 Å². The lowest BCUT2D eigenvalue weighted by Gasteiger charge is -2.19. The van der Waals surface area contributed by atoms with Crippen molar-refractivity contribution in [2.75, 3.05) is 26.4 Å². The van der Waals surface area contributed by atoms with Gasteiger partial charge in [0.05, 0.1) is 19.3 Å². The van der Waals surface area contributed by atoms with Gasteiger partial charge in [-0.3, -0.25) is 18.6 Å². The number of aliphatic hydroxyl groups excluding tert-OH is 1. The third-order valence-electron chi connectivity index (χ3n) is 7.86. The standard InChI is InChI=1S/C43H72NO9P/c1-3-5-7-8-9-10-11-13-17-20-23-26-30-34-42(46)50-38-41(39-52-54(48,49)51-37-36-44)53-43(47)35-31-27-24-21-18-15-12-14-16-19-22-25-29-33-40(45)32-28-6-4-2/h6,10-11,14-16,18,22,24-25,27-29,33,40-41,45H,3-5,7-9,12-13,17,19-21,23,26,30-32,34-39,44H2,1-2H3,(H,48,49)/b11-10-,16-14-,18-15-,25-22+,27-24-,28-6-,33-29+/t40?,41-/m1/s1. The molecule has 0 aromatic carbocycles. The summed E-state index contributed by atoms with van der Waals surface area (Å²) in [6.45, 7) is 3.37. The summed E-state index contributed by atoms with van der Waals surface area (Å²) in [5.74, 6) is -0.968.